The van der Waals surface area contributed by atoms with Crippen molar-refractivity contribution in [3.8, 4) is 5.75 Å². The van der Waals surface area contributed by atoms with E-state index in [1.807, 2.05) is 12.1 Å². The zero-order valence-corrected chi connectivity index (χ0v) is 18.7. The summed E-state index contributed by atoms with van der Waals surface area (Å²) in [6.07, 6.45) is 10.3. The van der Waals surface area contributed by atoms with E-state index in [-0.39, 0.29) is 0 Å². The Bertz CT molecular complexity index is 792. The van der Waals surface area contributed by atoms with Gasteiger partial charge in [0, 0.05) is 24.5 Å². The molecule has 4 rings (SSSR count). The summed E-state index contributed by atoms with van der Waals surface area (Å²) >= 11 is 0. The first-order valence-electron chi connectivity index (χ1n) is 12.1. The predicted molar refractivity (Wildman–Crippen MR) is 124 cm³/mol. The molecule has 2 fully saturated rings. The molecule has 2 saturated heterocycles. The minimum absolute atomic E-state index is 0.306. The van der Waals surface area contributed by atoms with Gasteiger partial charge in [0.2, 0.25) is 0 Å². The maximum absolute atomic E-state index is 10.0. The van der Waals surface area contributed by atoms with Crippen molar-refractivity contribution < 1.29 is 5.11 Å². The van der Waals surface area contributed by atoms with Crippen molar-refractivity contribution in [3.05, 3.63) is 18.2 Å². The first kappa shape index (κ1) is 21.4. The van der Waals surface area contributed by atoms with E-state index >= 15 is 0 Å². The number of hydrogen-bond donors (Lipinski definition) is 2. The molecular weight excluding hydrogens is 374 g/mol. The van der Waals surface area contributed by atoms with Crippen LogP contribution in [0.5, 0.6) is 5.75 Å². The van der Waals surface area contributed by atoms with Crippen LogP contribution in [0.3, 0.4) is 0 Å². The maximum Gasteiger partial charge on any atom is 0.156 e. The zero-order chi connectivity index (χ0) is 20.8. The maximum atomic E-state index is 10.0. The van der Waals surface area contributed by atoms with Crippen LogP contribution in [0.15, 0.2) is 18.2 Å². The number of fused-ring (bicyclic) bond motifs is 1. The number of phenolic OH excluding ortho intramolecular Hbond substituents is 1. The van der Waals surface area contributed by atoms with E-state index in [0.29, 0.717) is 11.8 Å². The molecule has 3 heterocycles. The Morgan fingerprint density at radius 3 is 2.50 bits per heavy atom. The lowest BCUT2D eigenvalue weighted by Crippen LogP contribution is -2.38. The third-order valence-electron chi connectivity index (χ3n) is 6.90. The molecule has 0 saturated carbocycles. The number of phenols is 1. The average molecular weight is 414 g/mol. The number of hydrogen-bond acceptors (Lipinski definition) is 5. The summed E-state index contributed by atoms with van der Waals surface area (Å²) in [4.78, 5) is 5.20. The van der Waals surface area contributed by atoms with E-state index in [2.05, 4.69) is 26.7 Å². The number of nitrogens with zero attached hydrogens (tertiary/aromatic N) is 4. The van der Waals surface area contributed by atoms with Crippen LogP contribution in [0.4, 0.5) is 5.82 Å². The van der Waals surface area contributed by atoms with Crippen molar-refractivity contribution in [1.29, 1.82) is 0 Å². The first-order valence-corrected chi connectivity index (χ1v) is 12.1. The lowest BCUT2D eigenvalue weighted by atomic mass is 10.1. The Morgan fingerprint density at radius 1 is 1.00 bits per heavy atom. The van der Waals surface area contributed by atoms with Crippen molar-refractivity contribution in [1.82, 2.24) is 19.6 Å². The fourth-order valence-electron chi connectivity index (χ4n) is 5.04. The highest BCUT2D eigenvalue weighted by Gasteiger charge is 2.17. The van der Waals surface area contributed by atoms with Gasteiger partial charge >= 0.3 is 0 Å². The third kappa shape index (κ3) is 5.46. The fraction of sp³-hybridized carbons (Fsp3) is 0.708. The summed E-state index contributed by atoms with van der Waals surface area (Å²) < 4.78 is 2.12. The molecule has 6 heteroatoms. The summed E-state index contributed by atoms with van der Waals surface area (Å²) in [5.74, 6) is 1.21. The van der Waals surface area contributed by atoms with Crippen LogP contribution < -0.4 is 5.32 Å². The van der Waals surface area contributed by atoms with Gasteiger partial charge in [-0.2, -0.15) is 5.10 Å². The van der Waals surface area contributed by atoms with Gasteiger partial charge < -0.3 is 20.2 Å². The summed E-state index contributed by atoms with van der Waals surface area (Å²) in [5.41, 5.74) is 1.11. The standard InChI is InChI=1S/C24H39N5O/c1-20(28-16-6-3-7-17-28)11-12-25-24-22-19-21(30)9-10-23(22)29(26-24)18-8-15-27-13-4-2-5-14-27/h9-10,19-20,30H,2-8,11-18H2,1H3,(H,25,26). The van der Waals surface area contributed by atoms with Gasteiger partial charge in [-0.25, -0.2) is 0 Å². The molecule has 0 aliphatic carbocycles. The number of benzene rings is 1. The number of anilines is 1. The molecule has 1 aromatic carbocycles. The smallest absolute Gasteiger partial charge is 0.156 e. The first-order chi connectivity index (χ1) is 14.7. The highest BCUT2D eigenvalue weighted by molar-refractivity contribution is 5.91. The number of aryl methyl sites for hydroxylation is 1. The monoisotopic (exact) mass is 413 g/mol. The van der Waals surface area contributed by atoms with Crippen LogP contribution in [-0.2, 0) is 6.54 Å². The Hall–Kier alpha value is -1.79. The second-order valence-corrected chi connectivity index (χ2v) is 9.19. The molecular formula is C24H39N5O. The van der Waals surface area contributed by atoms with E-state index in [9.17, 15) is 5.11 Å². The molecule has 1 atom stereocenters. The second kappa shape index (κ2) is 10.5. The molecule has 2 aromatic rings. The Morgan fingerprint density at radius 2 is 1.73 bits per heavy atom. The minimum Gasteiger partial charge on any atom is -0.508 e. The molecule has 30 heavy (non-hydrogen) atoms. The molecule has 1 aromatic heterocycles. The molecule has 2 N–H and O–H groups in total. The number of likely N-dealkylation sites (tertiary alicyclic amines) is 2. The summed E-state index contributed by atoms with van der Waals surface area (Å²) in [7, 11) is 0. The average Bonchev–Trinajstić information content (AvgIpc) is 3.11. The second-order valence-electron chi connectivity index (χ2n) is 9.19. The van der Waals surface area contributed by atoms with Gasteiger partial charge in [0.15, 0.2) is 5.82 Å². The van der Waals surface area contributed by atoms with E-state index in [0.717, 1.165) is 49.2 Å². The quantitative estimate of drug-likeness (QED) is 0.642. The minimum atomic E-state index is 0.306. The van der Waals surface area contributed by atoms with Crippen LogP contribution in [0.2, 0.25) is 0 Å². The van der Waals surface area contributed by atoms with Gasteiger partial charge in [-0.15, -0.1) is 0 Å². The lowest BCUT2D eigenvalue weighted by molar-refractivity contribution is 0.169. The van der Waals surface area contributed by atoms with E-state index in [4.69, 9.17) is 5.10 Å². The fourth-order valence-corrected chi connectivity index (χ4v) is 5.04. The Kier molecular flexibility index (Phi) is 7.50. The molecule has 6 nitrogen and oxygen atoms in total. The zero-order valence-electron chi connectivity index (χ0n) is 18.7. The Labute approximate surface area is 181 Å². The van der Waals surface area contributed by atoms with Crippen LogP contribution in [0, 0.1) is 0 Å². The summed E-state index contributed by atoms with van der Waals surface area (Å²) in [6, 6.07) is 6.22. The normalized spacial score (nSPS) is 19.9. The van der Waals surface area contributed by atoms with E-state index in [1.54, 1.807) is 6.07 Å². The van der Waals surface area contributed by atoms with Gasteiger partial charge in [0.25, 0.3) is 0 Å². The molecule has 0 bridgehead atoms. The van der Waals surface area contributed by atoms with Gasteiger partial charge in [-0.1, -0.05) is 12.8 Å². The van der Waals surface area contributed by atoms with Crippen molar-refractivity contribution >= 4 is 16.7 Å². The van der Waals surface area contributed by atoms with Gasteiger partial charge in [0.1, 0.15) is 5.75 Å². The molecule has 0 radical (unpaired) electrons. The van der Waals surface area contributed by atoms with E-state index in [1.165, 1.54) is 64.7 Å². The van der Waals surface area contributed by atoms with Crippen LogP contribution in [0.25, 0.3) is 10.9 Å². The topological polar surface area (TPSA) is 56.6 Å². The summed E-state index contributed by atoms with van der Waals surface area (Å²) in [6.45, 7) is 10.3. The van der Waals surface area contributed by atoms with Crippen molar-refractivity contribution in [2.45, 2.75) is 70.9 Å². The number of nitrogens with one attached hydrogen (secondary N) is 1. The van der Waals surface area contributed by atoms with Crippen LogP contribution in [0.1, 0.15) is 58.3 Å². The number of aromatic hydroxyl groups is 1. The molecule has 2 aliphatic rings. The van der Waals surface area contributed by atoms with Gasteiger partial charge in [-0.05, 0) is 96.4 Å². The predicted octanol–water partition coefficient (Wildman–Crippen LogP) is 4.29. The molecule has 0 amide bonds. The highest BCUT2D eigenvalue weighted by Crippen LogP contribution is 2.27. The number of aromatic nitrogens is 2. The van der Waals surface area contributed by atoms with Gasteiger partial charge in [0.05, 0.1) is 5.52 Å². The van der Waals surface area contributed by atoms with Crippen molar-refractivity contribution in [2.24, 2.45) is 0 Å². The van der Waals surface area contributed by atoms with Gasteiger partial charge in [-0.3, -0.25) is 4.68 Å². The van der Waals surface area contributed by atoms with Crippen LogP contribution >= 0.6 is 0 Å². The molecule has 0 spiro atoms. The SMILES string of the molecule is CC(CCNc1nn(CCCN2CCCCC2)c2ccc(O)cc12)N1CCCCC1. The lowest BCUT2D eigenvalue weighted by Gasteiger charge is -2.32. The van der Waals surface area contributed by atoms with Crippen molar-refractivity contribution in [2.75, 3.05) is 44.6 Å². The third-order valence-corrected chi connectivity index (χ3v) is 6.90. The number of rotatable bonds is 9. The van der Waals surface area contributed by atoms with Crippen LogP contribution in [-0.4, -0.2) is 70.0 Å². The summed E-state index contributed by atoms with van der Waals surface area (Å²) in [5, 5.41) is 19.5. The highest BCUT2D eigenvalue weighted by atomic mass is 16.3. The molecule has 1 unspecified atom stereocenters. The van der Waals surface area contributed by atoms with Crippen molar-refractivity contribution in [3.63, 3.8) is 0 Å². The largest absolute Gasteiger partial charge is 0.508 e. The Balaban J connectivity index is 1.35. The molecule has 2 aliphatic heterocycles. The number of piperidine rings is 2. The van der Waals surface area contributed by atoms with E-state index < -0.39 is 0 Å². The molecule has 166 valence electrons.